The quantitative estimate of drug-likeness (QED) is 0.479. The molecule has 116 valence electrons. The van der Waals surface area contributed by atoms with Gasteiger partial charge in [-0.3, -0.25) is 0 Å². The number of hydrogen-bond donors (Lipinski definition) is 0. The van der Waals surface area contributed by atoms with Crippen LogP contribution in [0.5, 0.6) is 11.5 Å². The van der Waals surface area contributed by atoms with Crippen LogP contribution in [0.4, 0.5) is 0 Å². The van der Waals surface area contributed by atoms with Gasteiger partial charge in [-0.2, -0.15) is 0 Å². The monoisotopic (exact) mass is 322 g/mol. The minimum absolute atomic E-state index is 0.814. The predicted molar refractivity (Wildman–Crippen MR) is 94.0 cm³/mol. The molecule has 1 heterocycles. The van der Waals surface area contributed by atoms with E-state index >= 15 is 0 Å². The third-order valence-corrected chi connectivity index (χ3v) is 4.13. The Labute approximate surface area is 140 Å². The van der Waals surface area contributed by atoms with E-state index in [1.807, 2.05) is 62.4 Å². The molecule has 0 N–H and O–H groups in total. The maximum Gasteiger partial charge on any atom is 0.188 e. The molecule has 3 aromatic rings. The van der Waals surface area contributed by atoms with E-state index in [9.17, 15) is 0 Å². The van der Waals surface area contributed by atoms with Gasteiger partial charge in [0, 0.05) is 17.1 Å². The first-order valence-corrected chi connectivity index (χ1v) is 8.44. The summed E-state index contributed by atoms with van der Waals surface area (Å²) in [5.74, 6) is 2.50. The van der Waals surface area contributed by atoms with Gasteiger partial charge in [-0.1, -0.05) is 42.1 Å². The normalized spacial score (nSPS) is 10.5. The van der Waals surface area contributed by atoms with Gasteiger partial charge in [-0.15, -0.1) is 0 Å². The SMILES string of the molecule is Cc1cc(C)nc(SCc2cccc(Oc3ccccc3)c2)n1. The highest BCUT2D eigenvalue weighted by Crippen LogP contribution is 2.25. The lowest BCUT2D eigenvalue weighted by Gasteiger charge is -2.07. The Kier molecular flexibility index (Phi) is 4.93. The maximum absolute atomic E-state index is 5.87. The summed E-state index contributed by atoms with van der Waals surface area (Å²) >= 11 is 1.64. The van der Waals surface area contributed by atoms with E-state index in [4.69, 9.17) is 4.74 Å². The molecule has 0 saturated heterocycles. The Hall–Kier alpha value is -2.33. The van der Waals surface area contributed by atoms with Crippen LogP contribution >= 0.6 is 11.8 Å². The highest BCUT2D eigenvalue weighted by Gasteiger charge is 2.03. The maximum atomic E-state index is 5.87. The van der Waals surface area contributed by atoms with Crippen LogP contribution in [0.1, 0.15) is 17.0 Å². The Balaban J connectivity index is 1.68. The number of para-hydroxylation sites is 1. The standard InChI is InChI=1S/C19H18N2OS/c1-14-11-15(2)21-19(20-14)23-13-16-7-6-10-18(12-16)22-17-8-4-3-5-9-17/h3-12H,13H2,1-2H3. The molecule has 0 atom stereocenters. The first-order chi connectivity index (χ1) is 11.2. The van der Waals surface area contributed by atoms with Crippen LogP contribution < -0.4 is 4.74 Å². The molecule has 0 aliphatic carbocycles. The zero-order chi connectivity index (χ0) is 16.1. The lowest BCUT2D eigenvalue weighted by atomic mass is 10.2. The summed E-state index contributed by atoms with van der Waals surface area (Å²) in [5.41, 5.74) is 3.19. The summed E-state index contributed by atoms with van der Waals surface area (Å²) in [5, 5.41) is 0.817. The van der Waals surface area contributed by atoms with Crippen LogP contribution in [0, 0.1) is 13.8 Å². The summed E-state index contributed by atoms with van der Waals surface area (Å²) in [4.78, 5) is 8.92. The van der Waals surface area contributed by atoms with Gasteiger partial charge in [0.25, 0.3) is 0 Å². The van der Waals surface area contributed by atoms with Crippen LogP contribution in [0.15, 0.2) is 65.8 Å². The Morgan fingerprint density at radius 2 is 1.52 bits per heavy atom. The Morgan fingerprint density at radius 1 is 0.826 bits per heavy atom. The molecule has 4 heteroatoms. The van der Waals surface area contributed by atoms with Crippen molar-refractivity contribution in [3.63, 3.8) is 0 Å². The van der Waals surface area contributed by atoms with Gasteiger partial charge >= 0.3 is 0 Å². The Bertz CT molecular complexity index is 770. The van der Waals surface area contributed by atoms with Crippen molar-refractivity contribution in [3.05, 3.63) is 77.6 Å². The lowest BCUT2D eigenvalue weighted by Crippen LogP contribution is -1.93. The van der Waals surface area contributed by atoms with Gasteiger partial charge in [0.15, 0.2) is 5.16 Å². The number of nitrogens with zero attached hydrogens (tertiary/aromatic N) is 2. The fourth-order valence-corrected chi connectivity index (χ4v) is 3.12. The van der Waals surface area contributed by atoms with Crippen LogP contribution in [0.25, 0.3) is 0 Å². The second-order valence-electron chi connectivity index (χ2n) is 5.28. The summed E-state index contributed by atoms with van der Waals surface area (Å²) in [6.45, 7) is 3.99. The second-order valence-corrected chi connectivity index (χ2v) is 6.23. The number of thioether (sulfide) groups is 1. The van der Waals surface area contributed by atoms with Gasteiger partial charge in [0.2, 0.25) is 0 Å². The van der Waals surface area contributed by atoms with Crippen molar-refractivity contribution in [3.8, 4) is 11.5 Å². The van der Waals surface area contributed by atoms with Gasteiger partial charge in [-0.25, -0.2) is 9.97 Å². The summed E-state index contributed by atoms with van der Waals surface area (Å²) in [6.07, 6.45) is 0. The number of benzene rings is 2. The van der Waals surface area contributed by atoms with E-state index in [-0.39, 0.29) is 0 Å². The van der Waals surface area contributed by atoms with Crippen molar-refractivity contribution in [2.75, 3.05) is 0 Å². The number of aromatic nitrogens is 2. The minimum atomic E-state index is 0.814. The molecule has 0 spiro atoms. The number of ether oxygens (including phenoxy) is 1. The average molecular weight is 322 g/mol. The van der Waals surface area contributed by atoms with Crippen molar-refractivity contribution in [1.29, 1.82) is 0 Å². The largest absolute Gasteiger partial charge is 0.457 e. The van der Waals surface area contributed by atoms with Crippen molar-refractivity contribution < 1.29 is 4.74 Å². The molecule has 23 heavy (non-hydrogen) atoms. The van der Waals surface area contributed by atoms with Crippen molar-refractivity contribution in [1.82, 2.24) is 9.97 Å². The molecular formula is C19H18N2OS. The van der Waals surface area contributed by atoms with E-state index in [1.165, 1.54) is 5.56 Å². The molecular weight excluding hydrogens is 304 g/mol. The van der Waals surface area contributed by atoms with E-state index in [1.54, 1.807) is 11.8 Å². The molecule has 0 aliphatic rings. The molecule has 0 radical (unpaired) electrons. The molecule has 0 fully saturated rings. The van der Waals surface area contributed by atoms with Crippen molar-refractivity contribution >= 4 is 11.8 Å². The Morgan fingerprint density at radius 3 is 2.26 bits per heavy atom. The van der Waals surface area contributed by atoms with Crippen LogP contribution in [0.2, 0.25) is 0 Å². The van der Waals surface area contributed by atoms with Gasteiger partial charge in [-0.05, 0) is 49.7 Å². The molecule has 1 aromatic heterocycles. The van der Waals surface area contributed by atoms with Gasteiger partial charge in [0.1, 0.15) is 11.5 Å². The topological polar surface area (TPSA) is 35.0 Å². The van der Waals surface area contributed by atoms with E-state index in [0.29, 0.717) is 0 Å². The molecule has 0 amide bonds. The lowest BCUT2D eigenvalue weighted by molar-refractivity contribution is 0.482. The van der Waals surface area contributed by atoms with Crippen LogP contribution in [-0.2, 0) is 5.75 Å². The zero-order valence-electron chi connectivity index (χ0n) is 13.2. The summed E-state index contributed by atoms with van der Waals surface area (Å²) in [6, 6.07) is 19.9. The predicted octanol–water partition coefficient (Wildman–Crippen LogP) is 5.18. The second kappa shape index (κ2) is 7.29. The molecule has 0 aliphatic heterocycles. The van der Waals surface area contributed by atoms with Gasteiger partial charge < -0.3 is 4.74 Å². The summed E-state index contributed by atoms with van der Waals surface area (Å²) in [7, 11) is 0. The van der Waals surface area contributed by atoms with Gasteiger partial charge in [0.05, 0.1) is 0 Å². The fourth-order valence-electron chi connectivity index (χ4n) is 2.23. The fraction of sp³-hybridized carbons (Fsp3) is 0.158. The molecule has 3 rings (SSSR count). The third kappa shape index (κ3) is 4.57. The van der Waals surface area contributed by atoms with Crippen molar-refractivity contribution in [2.45, 2.75) is 24.8 Å². The number of rotatable bonds is 5. The molecule has 3 nitrogen and oxygen atoms in total. The molecule has 2 aromatic carbocycles. The molecule has 0 saturated carbocycles. The first-order valence-electron chi connectivity index (χ1n) is 7.46. The van der Waals surface area contributed by atoms with E-state index < -0.39 is 0 Å². The zero-order valence-corrected chi connectivity index (χ0v) is 14.0. The third-order valence-electron chi connectivity index (χ3n) is 3.21. The molecule has 0 unspecified atom stereocenters. The smallest absolute Gasteiger partial charge is 0.188 e. The molecule has 0 bridgehead atoms. The summed E-state index contributed by atoms with van der Waals surface area (Å²) < 4.78 is 5.87. The first kappa shape index (κ1) is 15.6. The highest BCUT2D eigenvalue weighted by molar-refractivity contribution is 7.98. The highest BCUT2D eigenvalue weighted by atomic mass is 32.2. The van der Waals surface area contributed by atoms with E-state index in [2.05, 4.69) is 22.1 Å². The number of hydrogen-bond acceptors (Lipinski definition) is 4. The van der Waals surface area contributed by atoms with Crippen LogP contribution in [-0.4, -0.2) is 9.97 Å². The minimum Gasteiger partial charge on any atom is -0.457 e. The van der Waals surface area contributed by atoms with Crippen molar-refractivity contribution in [2.24, 2.45) is 0 Å². The number of aryl methyl sites for hydroxylation is 2. The average Bonchev–Trinajstić information content (AvgIpc) is 2.53. The van der Waals surface area contributed by atoms with Crippen LogP contribution in [0.3, 0.4) is 0 Å². The van der Waals surface area contributed by atoms with E-state index in [0.717, 1.165) is 33.8 Å².